The Morgan fingerprint density at radius 1 is 0.800 bits per heavy atom. The van der Waals surface area contributed by atoms with Gasteiger partial charge in [-0.25, -0.2) is 0 Å². The minimum atomic E-state index is -0.125. The average molecular weight is 427 g/mol. The predicted octanol–water partition coefficient (Wildman–Crippen LogP) is 5.85. The van der Waals surface area contributed by atoms with Gasteiger partial charge in [0.25, 0.3) is 0 Å². The van der Waals surface area contributed by atoms with Crippen LogP contribution in [0, 0.1) is 12.3 Å². The minimum absolute atomic E-state index is 0.00236. The Morgan fingerprint density at radius 3 is 1.83 bits per heavy atom. The Morgan fingerprint density at radius 2 is 1.30 bits per heavy atom. The molecule has 1 heterocycles. The van der Waals surface area contributed by atoms with Crippen molar-refractivity contribution in [1.82, 2.24) is 0 Å². The first kappa shape index (κ1) is 27.4. The summed E-state index contributed by atoms with van der Waals surface area (Å²) in [4.78, 5) is 0. The van der Waals surface area contributed by atoms with Crippen molar-refractivity contribution in [3.8, 4) is 12.3 Å². The molecule has 176 valence electrons. The third-order valence-electron chi connectivity index (χ3n) is 5.88. The number of hydrogen-bond acceptors (Lipinski definition) is 5. The van der Waals surface area contributed by atoms with Crippen molar-refractivity contribution >= 4 is 0 Å². The van der Waals surface area contributed by atoms with Crippen LogP contribution in [-0.4, -0.2) is 52.2 Å². The Hall–Kier alpha value is -0.640. The van der Waals surface area contributed by atoms with Crippen LogP contribution in [0.15, 0.2) is 0 Å². The fourth-order valence-corrected chi connectivity index (χ4v) is 4.17. The third-order valence-corrected chi connectivity index (χ3v) is 5.88. The van der Waals surface area contributed by atoms with Gasteiger partial charge in [-0.2, -0.15) is 0 Å². The molecule has 5 nitrogen and oxygen atoms in total. The average Bonchev–Trinajstić information content (AvgIpc) is 3.24. The summed E-state index contributed by atoms with van der Waals surface area (Å²) in [5, 5.41) is 0. The fourth-order valence-electron chi connectivity index (χ4n) is 4.17. The molecule has 1 fully saturated rings. The van der Waals surface area contributed by atoms with E-state index in [0.717, 1.165) is 19.3 Å². The summed E-state index contributed by atoms with van der Waals surface area (Å²) in [5.74, 6) is 2.69. The smallest absolute Gasteiger partial charge is 0.146 e. The maximum absolute atomic E-state index is 6.32. The largest absolute Gasteiger partial charge is 0.370 e. The highest BCUT2D eigenvalue weighted by atomic mass is 16.7. The van der Waals surface area contributed by atoms with Gasteiger partial charge in [-0.15, -0.1) is 12.3 Å². The zero-order valence-electron chi connectivity index (χ0n) is 19.7. The molecule has 0 aromatic carbocycles. The summed E-state index contributed by atoms with van der Waals surface area (Å²) in [6, 6.07) is 0. The lowest BCUT2D eigenvalue weighted by atomic mass is 10.0. The molecule has 0 aromatic heterocycles. The van der Waals surface area contributed by atoms with Crippen LogP contribution in [0.5, 0.6) is 0 Å². The Bertz CT molecular complexity index is 422. The Labute approximate surface area is 185 Å². The summed E-state index contributed by atoms with van der Waals surface area (Å²) < 4.78 is 28.2. The molecule has 0 radical (unpaired) electrons. The molecular weight excluding hydrogens is 380 g/mol. The molecule has 30 heavy (non-hydrogen) atoms. The van der Waals surface area contributed by atoms with E-state index in [0.29, 0.717) is 13.2 Å². The molecule has 0 aliphatic carbocycles. The molecule has 0 N–H and O–H groups in total. The summed E-state index contributed by atoms with van der Waals surface area (Å²) in [6.07, 6.45) is 22.3. The second-order valence-corrected chi connectivity index (χ2v) is 8.39. The Balaban J connectivity index is 2.29. The third kappa shape index (κ3) is 12.3. The van der Waals surface area contributed by atoms with E-state index in [-0.39, 0.29) is 31.2 Å². The van der Waals surface area contributed by atoms with E-state index < -0.39 is 0 Å². The molecule has 0 amide bonds. The van der Waals surface area contributed by atoms with Crippen LogP contribution in [0.3, 0.4) is 0 Å². The van der Waals surface area contributed by atoms with Gasteiger partial charge in [-0.3, -0.25) is 0 Å². The lowest BCUT2D eigenvalue weighted by molar-refractivity contribution is -0.156. The van der Waals surface area contributed by atoms with Crippen LogP contribution in [0.1, 0.15) is 96.8 Å². The monoisotopic (exact) mass is 426 g/mol. The van der Waals surface area contributed by atoms with Crippen LogP contribution in [0.4, 0.5) is 0 Å². The number of unbranched alkanes of at least 4 members (excludes halogenated alkanes) is 9. The molecule has 0 spiro atoms. The molecule has 1 rings (SSSR count). The van der Waals surface area contributed by atoms with Crippen molar-refractivity contribution in [2.75, 3.05) is 27.8 Å². The minimum Gasteiger partial charge on any atom is -0.370 e. The van der Waals surface area contributed by atoms with Gasteiger partial charge in [0.15, 0.2) is 0 Å². The summed E-state index contributed by atoms with van der Waals surface area (Å²) in [5.41, 5.74) is 0. The summed E-state index contributed by atoms with van der Waals surface area (Å²) in [6.45, 7) is 2.81. The summed E-state index contributed by atoms with van der Waals surface area (Å²) >= 11 is 0. The highest BCUT2D eigenvalue weighted by Gasteiger charge is 2.36. The second kappa shape index (κ2) is 19.1. The molecule has 1 aliphatic heterocycles. The van der Waals surface area contributed by atoms with Gasteiger partial charge in [0, 0.05) is 20.6 Å². The molecule has 4 atom stereocenters. The van der Waals surface area contributed by atoms with Crippen LogP contribution < -0.4 is 0 Å². The van der Waals surface area contributed by atoms with Crippen LogP contribution >= 0.6 is 0 Å². The Kier molecular flexibility index (Phi) is 17.4. The van der Waals surface area contributed by atoms with Crippen molar-refractivity contribution in [1.29, 1.82) is 0 Å². The van der Waals surface area contributed by atoms with E-state index in [2.05, 4.69) is 12.8 Å². The molecule has 0 bridgehead atoms. The van der Waals surface area contributed by atoms with E-state index in [1.165, 1.54) is 64.2 Å². The zero-order valence-corrected chi connectivity index (χ0v) is 19.7. The summed E-state index contributed by atoms with van der Waals surface area (Å²) in [7, 11) is 3.28. The first-order chi connectivity index (χ1) is 14.8. The van der Waals surface area contributed by atoms with Gasteiger partial charge in [-0.05, 0) is 19.3 Å². The SMILES string of the molecule is C#CC[C@@H](OCOC)[C@@H]1CC[C@@H]([C@@H](CCCCCCCCCCCC)OCOC)O1. The highest BCUT2D eigenvalue weighted by molar-refractivity contribution is 4.93. The number of hydrogen-bond donors (Lipinski definition) is 0. The molecule has 1 saturated heterocycles. The number of rotatable bonds is 20. The quantitative estimate of drug-likeness (QED) is 0.139. The zero-order chi connectivity index (χ0) is 21.9. The molecule has 5 heteroatoms. The fraction of sp³-hybridized carbons (Fsp3) is 0.920. The van der Waals surface area contributed by atoms with Gasteiger partial charge >= 0.3 is 0 Å². The van der Waals surface area contributed by atoms with Crippen LogP contribution in [-0.2, 0) is 23.7 Å². The normalized spacial score (nSPS) is 20.9. The van der Waals surface area contributed by atoms with E-state index in [9.17, 15) is 0 Å². The van der Waals surface area contributed by atoms with Crippen LogP contribution in [0.2, 0.25) is 0 Å². The van der Waals surface area contributed by atoms with Gasteiger partial charge in [0.1, 0.15) is 13.6 Å². The van der Waals surface area contributed by atoms with Crippen molar-refractivity contribution < 1.29 is 23.7 Å². The van der Waals surface area contributed by atoms with E-state index in [4.69, 9.17) is 30.1 Å². The highest BCUT2D eigenvalue weighted by Crippen LogP contribution is 2.30. The lowest BCUT2D eigenvalue weighted by Gasteiger charge is -2.26. The topological polar surface area (TPSA) is 46.2 Å². The molecule has 0 aromatic rings. The lowest BCUT2D eigenvalue weighted by Crippen LogP contribution is -2.34. The van der Waals surface area contributed by atoms with Gasteiger partial charge in [0.05, 0.1) is 24.4 Å². The second-order valence-electron chi connectivity index (χ2n) is 8.39. The predicted molar refractivity (Wildman–Crippen MR) is 121 cm³/mol. The van der Waals surface area contributed by atoms with E-state index in [1.807, 2.05) is 0 Å². The maximum Gasteiger partial charge on any atom is 0.146 e. The van der Waals surface area contributed by atoms with Gasteiger partial charge in [-0.1, -0.05) is 71.1 Å². The molecule has 0 saturated carbocycles. The van der Waals surface area contributed by atoms with Crippen molar-refractivity contribution in [2.24, 2.45) is 0 Å². The molecule has 0 unspecified atom stereocenters. The molecule has 1 aliphatic rings. The standard InChI is InChI=1S/C25H46O5/c1-5-7-8-9-10-11-12-13-14-15-17-23(29-21-27-4)25-19-18-24(30-25)22(16-6-2)28-20-26-3/h2,22-25H,5,7-21H2,1,3-4H3/t22-,23-,24+,25+/m1/s1. The van der Waals surface area contributed by atoms with Gasteiger partial charge in [0.2, 0.25) is 0 Å². The molecular formula is C25H46O5. The van der Waals surface area contributed by atoms with Crippen molar-refractivity contribution in [3.63, 3.8) is 0 Å². The number of terminal acetylenes is 1. The van der Waals surface area contributed by atoms with E-state index in [1.54, 1.807) is 14.2 Å². The van der Waals surface area contributed by atoms with Crippen LogP contribution in [0.25, 0.3) is 0 Å². The van der Waals surface area contributed by atoms with Crippen molar-refractivity contribution in [2.45, 2.75) is 121 Å². The van der Waals surface area contributed by atoms with Gasteiger partial charge < -0.3 is 23.7 Å². The maximum atomic E-state index is 6.32. The number of methoxy groups -OCH3 is 2. The first-order valence-corrected chi connectivity index (χ1v) is 12.1. The number of ether oxygens (including phenoxy) is 5. The first-order valence-electron chi connectivity index (χ1n) is 12.1. The van der Waals surface area contributed by atoms with E-state index >= 15 is 0 Å². The van der Waals surface area contributed by atoms with Crippen molar-refractivity contribution in [3.05, 3.63) is 0 Å².